The van der Waals surface area contributed by atoms with Crippen LogP contribution in [0, 0.1) is 0 Å². The predicted molar refractivity (Wildman–Crippen MR) is 128 cm³/mol. The molecule has 9 nitrogen and oxygen atoms in total. The zero-order chi connectivity index (χ0) is 25.0. The standard InChI is InChI=1S/C26H24N2O7/c1-33-26(32)18-7-9-19(10-8-18)28-24(30)17-34-25(31)16-15-23(29)27-20-11-13-22(14-12-20)35-21-5-3-2-4-6-21/h2-14H,15-17H2,1H3,(H,27,29)(H,28,30). The smallest absolute Gasteiger partial charge is 0.337 e. The van der Waals surface area contributed by atoms with Gasteiger partial charge in [-0.3, -0.25) is 14.4 Å². The first-order valence-electron chi connectivity index (χ1n) is 10.7. The highest BCUT2D eigenvalue weighted by Gasteiger charge is 2.12. The molecule has 180 valence electrons. The van der Waals surface area contributed by atoms with Gasteiger partial charge in [0, 0.05) is 17.8 Å². The lowest BCUT2D eigenvalue weighted by atomic mass is 10.2. The van der Waals surface area contributed by atoms with E-state index >= 15 is 0 Å². The van der Waals surface area contributed by atoms with E-state index in [9.17, 15) is 19.2 Å². The number of rotatable bonds is 10. The second-order valence-corrected chi connectivity index (χ2v) is 7.27. The van der Waals surface area contributed by atoms with Gasteiger partial charge in [-0.05, 0) is 60.7 Å². The molecule has 3 rings (SSSR count). The molecule has 3 aromatic carbocycles. The van der Waals surface area contributed by atoms with Crippen molar-refractivity contribution >= 4 is 35.1 Å². The van der Waals surface area contributed by atoms with E-state index in [4.69, 9.17) is 9.47 Å². The third-order valence-electron chi connectivity index (χ3n) is 4.63. The number of hydrogen-bond acceptors (Lipinski definition) is 7. The van der Waals surface area contributed by atoms with Crippen LogP contribution in [0.4, 0.5) is 11.4 Å². The summed E-state index contributed by atoms with van der Waals surface area (Å²) in [6.07, 6.45) is -0.278. The molecule has 0 radical (unpaired) electrons. The highest BCUT2D eigenvalue weighted by molar-refractivity contribution is 5.95. The van der Waals surface area contributed by atoms with Crippen molar-refractivity contribution in [1.82, 2.24) is 0 Å². The number of methoxy groups -OCH3 is 1. The fourth-order valence-corrected chi connectivity index (χ4v) is 2.89. The Balaban J connectivity index is 1.35. The average Bonchev–Trinajstić information content (AvgIpc) is 2.88. The van der Waals surface area contributed by atoms with Gasteiger partial charge in [0.25, 0.3) is 5.91 Å². The number of anilines is 2. The van der Waals surface area contributed by atoms with Gasteiger partial charge >= 0.3 is 11.9 Å². The Morgan fingerprint density at radius 3 is 1.89 bits per heavy atom. The molecular weight excluding hydrogens is 452 g/mol. The van der Waals surface area contributed by atoms with Gasteiger partial charge in [0.2, 0.25) is 5.91 Å². The number of hydrogen-bond donors (Lipinski definition) is 2. The zero-order valence-electron chi connectivity index (χ0n) is 19.0. The van der Waals surface area contributed by atoms with Gasteiger partial charge in [-0.1, -0.05) is 18.2 Å². The summed E-state index contributed by atoms with van der Waals surface area (Å²) in [7, 11) is 1.27. The fraction of sp³-hybridized carbons (Fsp3) is 0.154. The van der Waals surface area contributed by atoms with E-state index in [0.717, 1.165) is 0 Å². The van der Waals surface area contributed by atoms with Crippen molar-refractivity contribution in [2.45, 2.75) is 12.8 Å². The summed E-state index contributed by atoms with van der Waals surface area (Å²) < 4.78 is 15.2. The van der Waals surface area contributed by atoms with Crippen molar-refractivity contribution in [3.05, 3.63) is 84.4 Å². The highest BCUT2D eigenvalue weighted by atomic mass is 16.5. The second kappa shape index (κ2) is 12.5. The third-order valence-corrected chi connectivity index (χ3v) is 4.63. The number of esters is 2. The number of benzene rings is 3. The summed E-state index contributed by atoms with van der Waals surface area (Å²) in [4.78, 5) is 47.3. The molecule has 0 saturated carbocycles. The van der Waals surface area contributed by atoms with Gasteiger partial charge in [-0.25, -0.2) is 4.79 Å². The zero-order valence-corrected chi connectivity index (χ0v) is 19.0. The average molecular weight is 476 g/mol. The molecule has 0 unspecified atom stereocenters. The molecule has 3 aromatic rings. The molecule has 0 aliphatic heterocycles. The number of amides is 2. The largest absolute Gasteiger partial charge is 0.465 e. The van der Waals surface area contributed by atoms with E-state index < -0.39 is 24.5 Å². The number of nitrogens with one attached hydrogen (secondary N) is 2. The monoisotopic (exact) mass is 476 g/mol. The Morgan fingerprint density at radius 2 is 1.26 bits per heavy atom. The molecule has 0 aliphatic rings. The van der Waals surface area contributed by atoms with Gasteiger partial charge in [0.15, 0.2) is 6.61 Å². The van der Waals surface area contributed by atoms with E-state index in [-0.39, 0.29) is 18.7 Å². The van der Waals surface area contributed by atoms with E-state index in [2.05, 4.69) is 15.4 Å². The Bertz CT molecular complexity index is 1160. The van der Waals surface area contributed by atoms with Crippen LogP contribution in [0.15, 0.2) is 78.9 Å². The minimum atomic E-state index is -0.678. The van der Waals surface area contributed by atoms with Crippen LogP contribution in [-0.4, -0.2) is 37.5 Å². The summed E-state index contributed by atoms with van der Waals surface area (Å²) in [5.41, 5.74) is 1.33. The lowest BCUT2D eigenvalue weighted by Crippen LogP contribution is -2.21. The van der Waals surface area contributed by atoms with Gasteiger partial charge in [0.1, 0.15) is 11.5 Å². The minimum absolute atomic E-state index is 0.0995. The molecule has 0 bridgehead atoms. The molecule has 0 spiro atoms. The van der Waals surface area contributed by atoms with Crippen LogP contribution in [0.3, 0.4) is 0 Å². The molecule has 9 heteroatoms. The van der Waals surface area contributed by atoms with Crippen LogP contribution in [0.25, 0.3) is 0 Å². The van der Waals surface area contributed by atoms with Crippen molar-refractivity contribution in [3.63, 3.8) is 0 Å². The summed E-state index contributed by atoms with van der Waals surface area (Å²) in [6, 6.07) is 22.2. The maximum Gasteiger partial charge on any atom is 0.337 e. The van der Waals surface area contributed by atoms with Crippen molar-refractivity contribution in [2.75, 3.05) is 24.4 Å². The number of para-hydroxylation sites is 1. The Morgan fingerprint density at radius 1 is 0.686 bits per heavy atom. The van der Waals surface area contributed by atoms with Crippen molar-refractivity contribution < 1.29 is 33.4 Å². The van der Waals surface area contributed by atoms with Crippen LogP contribution < -0.4 is 15.4 Å². The molecular formula is C26H24N2O7. The number of carbonyl (C=O) groups is 4. The Kier molecular flexibility index (Phi) is 8.95. The molecule has 0 aliphatic carbocycles. The molecule has 0 heterocycles. The SMILES string of the molecule is COC(=O)c1ccc(NC(=O)COC(=O)CCC(=O)Nc2ccc(Oc3ccccc3)cc2)cc1. The maximum absolute atomic E-state index is 12.1. The summed E-state index contributed by atoms with van der Waals surface area (Å²) in [5.74, 6) is -0.762. The van der Waals surface area contributed by atoms with Crippen LogP contribution in [0.2, 0.25) is 0 Å². The van der Waals surface area contributed by atoms with Crippen LogP contribution in [0.1, 0.15) is 23.2 Å². The third kappa shape index (κ3) is 8.32. The van der Waals surface area contributed by atoms with Gasteiger partial charge in [-0.15, -0.1) is 0 Å². The number of ether oxygens (including phenoxy) is 3. The molecule has 2 amide bonds. The normalized spacial score (nSPS) is 10.1. The van der Waals surface area contributed by atoms with Gasteiger partial charge in [-0.2, -0.15) is 0 Å². The molecule has 0 atom stereocenters. The first-order valence-corrected chi connectivity index (χ1v) is 10.7. The van der Waals surface area contributed by atoms with Crippen LogP contribution in [-0.2, 0) is 23.9 Å². The molecule has 2 N–H and O–H groups in total. The van der Waals surface area contributed by atoms with E-state index in [1.807, 2.05) is 30.3 Å². The Labute approximate surface area is 202 Å². The molecule has 0 fully saturated rings. The van der Waals surface area contributed by atoms with Crippen molar-refractivity contribution in [2.24, 2.45) is 0 Å². The number of carbonyl (C=O) groups excluding carboxylic acids is 4. The topological polar surface area (TPSA) is 120 Å². The van der Waals surface area contributed by atoms with Crippen LogP contribution >= 0.6 is 0 Å². The molecule has 35 heavy (non-hydrogen) atoms. The first-order chi connectivity index (χ1) is 16.9. The van der Waals surface area contributed by atoms with Crippen LogP contribution in [0.5, 0.6) is 11.5 Å². The fourth-order valence-electron chi connectivity index (χ4n) is 2.89. The molecule has 0 aromatic heterocycles. The molecule has 0 saturated heterocycles. The minimum Gasteiger partial charge on any atom is -0.465 e. The summed E-state index contributed by atoms with van der Waals surface area (Å²) >= 11 is 0. The second-order valence-electron chi connectivity index (χ2n) is 7.27. The maximum atomic E-state index is 12.1. The van der Waals surface area contributed by atoms with Crippen molar-refractivity contribution in [3.8, 4) is 11.5 Å². The summed E-state index contributed by atoms with van der Waals surface area (Å²) in [5, 5.41) is 5.23. The van der Waals surface area contributed by atoms with E-state index in [1.54, 1.807) is 24.3 Å². The van der Waals surface area contributed by atoms with E-state index in [0.29, 0.717) is 28.4 Å². The lowest BCUT2D eigenvalue weighted by molar-refractivity contribution is -0.147. The first kappa shape index (κ1) is 25.0. The van der Waals surface area contributed by atoms with Gasteiger partial charge < -0.3 is 24.8 Å². The quantitative estimate of drug-likeness (QED) is 0.422. The van der Waals surface area contributed by atoms with E-state index in [1.165, 1.54) is 31.4 Å². The predicted octanol–water partition coefficient (Wildman–Crippen LogP) is 4.17. The lowest BCUT2D eigenvalue weighted by Gasteiger charge is -2.09. The van der Waals surface area contributed by atoms with Gasteiger partial charge in [0.05, 0.1) is 19.1 Å². The highest BCUT2D eigenvalue weighted by Crippen LogP contribution is 2.22. The Hall–Kier alpha value is -4.66. The van der Waals surface area contributed by atoms with Crippen molar-refractivity contribution in [1.29, 1.82) is 0 Å². The summed E-state index contributed by atoms with van der Waals surface area (Å²) in [6.45, 7) is -0.498.